The van der Waals surface area contributed by atoms with Crippen molar-refractivity contribution in [3.8, 4) is 0 Å². The molecule has 2 fully saturated rings. The minimum Gasteiger partial charge on any atom is -0.335 e. The van der Waals surface area contributed by atoms with E-state index in [4.69, 9.17) is 4.52 Å². The Morgan fingerprint density at radius 2 is 2.08 bits per heavy atom. The van der Waals surface area contributed by atoms with Gasteiger partial charge in [0.15, 0.2) is 0 Å². The van der Waals surface area contributed by atoms with Crippen molar-refractivity contribution < 1.29 is 9.32 Å². The number of fused-ring (bicyclic) bond motifs is 1. The quantitative estimate of drug-likeness (QED) is 0.885. The molecule has 2 aliphatic rings. The molecule has 0 spiro atoms. The number of rotatable bonds is 3. The summed E-state index contributed by atoms with van der Waals surface area (Å²) >= 11 is 0. The van der Waals surface area contributed by atoms with Crippen molar-refractivity contribution in [2.75, 3.05) is 13.1 Å². The number of piperazine rings is 1. The van der Waals surface area contributed by atoms with E-state index < -0.39 is 0 Å². The highest BCUT2D eigenvalue weighted by Crippen LogP contribution is 2.41. The van der Waals surface area contributed by atoms with Crippen molar-refractivity contribution in [1.82, 2.24) is 20.4 Å². The lowest BCUT2D eigenvalue weighted by atomic mass is 9.99. The van der Waals surface area contributed by atoms with Crippen LogP contribution in [0.15, 0.2) is 10.6 Å². The molecule has 2 unspecified atom stereocenters. The third kappa shape index (κ3) is 3.21. The molecule has 1 saturated heterocycles. The lowest BCUT2D eigenvalue weighted by molar-refractivity contribution is 0.0604. The summed E-state index contributed by atoms with van der Waals surface area (Å²) in [6, 6.07) is 2.42. The molecular formula is C19H27ClN4O2. The molecule has 4 rings (SSSR count). The zero-order valence-electron chi connectivity index (χ0n) is 15.8. The first-order valence-corrected chi connectivity index (χ1v) is 9.32. The highest BCUT2D eigenvalue weighted by atomic mass is 35.5. The number of carbonyl (C=O) groups excluding carboxylic acids is 1. The van der Waals surface area contributed by atoms with Crippen molar-refractivity contribution in [3.05, 3.63) is 23.0 Å². The molecule has 0 aromatic carbocycles. The third-order valence-electron chi connectivity index (χ3n) is 5.56. The maximum absolute atomic E-state index is 13.4. The first-order valence-electron chi connectivity index (χ1n) is 9.32. The molecule has 2 aromatic rings. The lowest BCUT2D eigenvalue weighted by Crippen LogP contribution is -2.57. The first-order chi connectivity index (χ1) is 12.0. The molecule has 0 radical (unpaired) electrons. The molecule has 2 aromatic heterocycles. The van der Waals surface area contributed by atoms with E-state index in [0.717, 1.165) is 42.7 Å². The molecule has 2 atom stereocenters. The Morgan fingerprint density at radius 3 is 2.73 bits per heavy atom. The molecule has 142 valence electrons. The van der Waals surface area contributed by atoms with E-state index in [1.807, 2.05) is 11.0 Å². The number of amides is 1. The van der Waals surface area contributed by atoms with E-state index in [-0.39, 0.29) is 36.3 Å². The molecule has 0 bridgehead atoms. The van der Waals surface area contributed by atoms with Gasteiger partial charge in [0.25, 0.3) is 11.6 Å². The average Bonchev–Trinajstić information content (AvgIpc) is 3.35. The molecule has 26 heavy (non-hydrogen) atoms. The molecule has 1 aliphatic heterocycles. The topological polar surface area (TPSA) is 71.3 Å². The number of aromatic nitrogens is 2. The summed E-state index contributed by atoms with van der Waals surface area (Å²) in [7, 11) is 0. The van der Waals surface area contributed by atoms with Crippen LogP contribution in [0.3, 0.4) is 0 Å². The largest absolute Gasteiger partial charge is 0.335 e. The highest BCUT2D eigenvalue weighted by Gasteiger charge is 2.34. The Labute approximate surface area is 160 Å². The Morgan fingerprint density at radius 1 is 1.35 bits per heavy atom. The first kappa shape index (κ1) is 19.1. The summed E-state index contributed by atoms with van der Waals surface area (Å²) in [5.74, 6) is 0.712. The summed E-state index contributed by atoms with van der Waals surface area (Å²) in [6.45, 7) is 9.90. The Kier molecular flexibility index (Phi) is 5.26. The maximum atomic E-state index is 13.4. The molecule has 6 nitrogen and oxygen atoms in total. The summed E-state index contributed by atoms with van der Waals surface area (Å²) in [5.41, 5.74) is 3.01. The Hall–Kier alpha value is -1.66. The zero-order valence-corrected chi connectivity index (χ0v) is 16.6. The molecule has 3 heterocycles. The number of nitrogens with one attached hydrogen (secondary N) is 1. The second-order valence-electron chi connectivity index (χ2n) is 7.75. The maximum Gasteiger partial charge on any atom is 0.259 e. The second-order valence-corrected chi connectivity index (χ2v) is 7.75. The van der Waals surface area contributed by atoms with Crippen molar-refractivity contribution in [3.63, 3.8) is 0 Å². The average molecular weight is 379 g/mol. The summed E-state index contributed by atoms with van der Waals surface area (Å²) in [6.07, 6.45) is 2.27. The van der Waals surface area contributed by atoms with Crippen LogP contribution < -0.4 is 5.32 Å². The van der Waals surface area contributed by atoms with Crippen LogP contribution in [0.2, 0.25) is 0 Å². The van der Waals surface area contributed by atoms with Crippen molar-refractivity contribution in [2.24, 2.45) is 0 Å². The van der Waals surface area contributed by atoms with Crippen LogP contribution in [-0.4, -0.2) is 46.1 Å². The van der Waals surface area contributed by atoms with Gasteiger partial charge < -0.3 is 14.7 Å². The van der Waals surface area contributed by atoms with Gasteiger partial charge in [-0.3, -0.25) is 4.79 Å². The summed E-state index contributed by atoms with van der Waals surface area (Å²) < 4.78 is 5.51. The molecule has 7 heteroatoms. The van der Waals surface area contributed by atoms with Gasteiger partial charge >= 0.3 is 0 Å². The standard InChI is InChI=1S/C19H26N4O2.ClH/c1-10(2)17-16-14(19(24)23-8-7-20-11(3)12(23)4)9-15(13-5-6-13)21-18(16)25-22-17;/h9-13,20H,5-8H2,1-4H3;1H. The molecule has 1 N–H and O–H groups in total. The molecule has 1 saturated carbocycles. The van der Waals surface area contributed by atoms with Crippen LogP contribution in [0, 0.1) is 0 Å². The summed E-state index contributed by atoms with van der Waals surface area (Å²) in [5, 5.41) is 8.44. The van der Waals surface area contributed by atoms with Crippen LogP contribution >= 0.6 is 12.4 Å². The Balaban J connectivity index is 0.00000196. The molecular weight excluding hydrogens is 352 g/mol. The van der Waals surface area contributed by atoms with Crippen LogP contribution in [0.25, 0.3) is 11.1 Å². The Bertz CT molecular complexity index is 815. The van der Waals surface area contributed by atoms with Crippen molar-refractivity contribution in [2.45, 2.75) is 64.5 Å². The number of hydrogen-bond acceptors (Lipinski definition) is 5. The number of pyridine rings is 1. The van der Waals surface area contributed by atoms with E-state index in [9.17, 15) is 4.79 Å². The van der Waals surface area contributed by atoms with Gasteiger partial charge in [-0.1, -0.05) is 19.0 Å². The zero-order chi connectivity index (χ0) is 17.7. The van der Waals surface area contributed by atoms with Gasteiger partial charge in [0, 0.05) is 36.8 Å². The van der Waals surface area contributed by atoms with E-state index in [2.05, 4.69) is 43.2 Å². The normalized spacial score (nSPS) is 23.3. The van der Waals surface area contributed by atoms with Gasteiger partial charge in [-0.2, -0.15) is 0 Å². The minimum atomic E-state index is 0. The monoisotopic (exact) mass is 378 g/mol. The predicted octanol–water partition coefficient (Wildman–Crippen LogP) is 3.47. The smallest absolute Gasteiger partial charge is 0.259 e. The van der Waals surface area contributed by atoms with E-state index >= 15 is 0 Å². The third-order valence-corrected chi connectivity index (χ3v) is 5.56. The fourth-order valence-corrected chi connectivity index (χ4v) is 3.64. The number of carbonyl (C=O) groups is 1. The van der Waals surface area contributed by atoms with Gasteiger partial charge in [0.05, 0.1) is 16.6 Å². The van der Waals surface area contributed by atoms with E-state index in [0.29, 0.717) is 17.2 Å². The molecule has 1 amide bonds. The van der Waals surface area contributed by atoms with Crippen molar-refractivity contribution >= 4 is 29.4 Å². The van der Waals surface area contributed by atoms with Gasteiger partial charge in [-0.15, -0.1) is 12.4 Å². The number of nitrogens with zero attached hydrogens (tertiary/aromatic N) is 3. The lowest BCUT2D eigenvalue weighted by Gasteiger charge is -2.38. The van der Waals surface area contributed by atoms with Crippen molar-refractivity contribution in [1.29, 1.82) is 0 Å². The number of hydrogen-bond donors (Lipinski definition) is 1. The van der Waals surface area contributed by atoms with Gasteiger partial charge in [0.2, 0.25) is 0 Å². The SMILES string of the molecule is CC(C)c1noc2nc(C3CC3)cc(C(=O)N3CCNC(C)C3C)c12.Cl. The highest BCUT2D eigenvalue weighted by molar-refractivity contribution is 6.06. The van der Waals surface area contributed by atoms with Crippen LogP contribution in [-0.2, 0) is 0 Å². The summed E-state index contributed by atoms with van der Waals surface area (Å²) in [4.78, 5) is 20.1. The fourth-order valence-electron chi connectivity index (χ4n) is 3.64. The van der Waals surface area contributed by atoms with Gasteiger partial charge in [-0.05, 0) is 38.7 Å². The van der Waals surface area contributed by atoms with Crippen LogP contribution in [0.5, 0.6) is 0 Å². The fraction of sp³-hybridized carbons (Fsp3) is 0.632. The molecule has 1 aliphatic carbocycles. The predicted molar refractivity (Wildman–Crippen MR) is 103 cm³/mol. The van der Waals surface area contributed by atoms with Crippen LogP contribution in [0.4, 0.5) is 0 Å². The minimum absolute atomic E-state index is 0. The van der Waals surface area contributed by atoms with Crippen LogP contribution in [0.1, 0.15) is 74.1 Å². The van der Waals surface area contributed by atoms with Gasteiger partial charge in [0.1, 0.15) is 0 Å². The van der Waals surface area contributed by atoms with Gasteiger partial charge in [-0.25, -0.2) is 4.98 Å². The van der Waals surface area contributed by atoms with E-state index in [1.165, 1.54) is 0 Å². The van der Waals surface area contributed by atoms with E-state index in [1.54, 1.807) is 0 Å². The number of halogens is 1. The second kappa shape index (κ2) is 7.16.